The molecule has 0 bridgehead atoms. The lowest BCUT2D eigenvalue weighted by atomic mass is 9.96. The van der Waals surface area contributed by atoms with Gasteiger partial charge >= 0.3 is 12.1 Å². The number of hydrogen-bond acceptors (Lipinski definition) is 7. The van der Waals surface area contributed by atoms with Crippen LogP contribution in [-0.4, -0.2) is 70.5 Å². The molecular formula is C23H31N7O4. The topological polar surface area (TPSA) is 129 Å². The van der Waals surface area contributed by atoms with Gasteiger partial charge in [0, 0.05) is 43.9 Å². The fraction of sp³-hybridized carbons (Fsp3) is 0.435. The molecule has 0 spiro atoms. The van der Waals surface area contributed by atoms with E-state index in [0.717, 1.165) is 19.6 Å². The summed E-state index contributed by atoms with van der Waals surface area (Å²) >= 11 is 0. The first-order chi connectivity index (χ1) is 16.1. The van der Waals surface area contributed by atoms with Gasteiger partial charge in [-0.2, -0.15) is 0 Å². The van der Waals surface area contributed by atoms with E-state index in [1.54, 1.807) is 56.1 Å². The zero-order valence-electron chi connectivity index (χ0n) is 19.9. The van der Waals surface area contributed by atoms with Gasteiger partial charge in [-0.15, -0.1) is 0 Å². The Morgan fingerprint density at radius 1 is 0.971 bits per heavy atom. The Morgan fingerprint density at radius 2 is 1.71 bits per heavy atom. The van der Waals surface area contributed by atoms with E-state index in [0.29, 0.717) is 30.4 Å². The summed E-state index contributed by atoms with van der Waals surface area (Å²) < 4.78 is 5.79. The molecule has 0 atom stereocenters. The normalized spacial score (nSPS) is 14.3. The average Bonchev–Trinajstić information content (AvgIpc) is 2.80. The zero-order valence-corrected chi connectivity index (χ0v) is 19.9. The molecule has 11 heteroatoms. The van der Waals surface area contributed by atoms with Gasteiger partial charge in [0.25, 0.3) is 0 Å². The van der Waals surface area contributed by atoms with Gasteiger partial charge in [-0.05, 0) is 24.7 Å². The number of ether oxygens (including phenoxy) is 1. The van der Waals surface area contributed by atoms with Gasteiger partial charge in [0.05, 0.1) is 6.20 Å². The molecule has 3 heterocycles. The highest BCUT2D eigenvalue weighted by Crippen LogP contribution is 2.23. The number of pyridine rings is 2. The average molecular weight is 470 g/mol. The van der Waals surface area contributed by atoms with E-state index in [9.17, 15) is 14.4 Å². The lowest BCUT2D eigenvalue weighted by Crippen LogP contribution is -2.49. The van der Waals surface area contributed by atoms with E-state index in [2.05, 4.69) is 37.7 Å². The largest absolute Gasteiger partial charge is 0.456 e. The highest BCUT2D eigenvalue weighted by atomic mass is 16.5. The van der Waals surface area contributed by atoms with Gasteiger partial charge in [-0.1, -0.05) is 27.7 Å². The van der Waals surface area contributed by atoms with Crippen molar-refractivity contribution in [3.8, 4) is 11.5 Å². The summed E-state index contributed by atoms with van der Waals surface area (Å²) in [6.45, 7) is 11.3. The Morgan fingerprint density at radius 3 is 2.32 bits per heavy atom. The molecule has 2 aromatic heterocycles. The molecule has 0 radical (unpaired) electrons. The van der Waals surface area contributed by atoms with Crippen molar-refractivity contribution in [2.45, 2.75) is 27.7 Å². The summed E-state index contributed by atoms with van der Waals surface area (Å²) in [7, 11) is 0. The van der Waals surface area contributed by atoms with Crippen LogP contribution < -0.4 is 20.7 Å². The number of nitrogens with zero attached hydrogens (tertiary/aromatic N) is 4. The Kier molecular flexibility index (Phi) is 8.00. The van der Waals surface area contributed by atoms with E-state index in [1.807, 2.05) is 0 Å². The minimum Gasteiger partial charge on any atom is -0.456 e. The second-order valence-electron chi connectivity index (χ2n) is 8.87. The summed E-state index contributed by atoms with van der Waals surface area (Å²) in [6.07, 6.45) is 2.98. The van der Waals surface area contributed by atoms with Crippen LogP contribution in [0.15, 0.2) is 36.7 Å². The van der Waals surface area contributed by atoms with E-state index < -0.39 is 17.4 Å². The highest BCUT2D eigenvalue weighted by molar-refractivity contribution is 6.02. The summed E-state index contributed by atoms with van der Waals surface area (Å²) in [5.41, 5.74) is -0.685. The molecule has 11 nitrogen and oxygen atoms in total. The Balaban J connectivity index is 1.53. The first-order valence-electron chi connectivity index (χ1n) is 11.1. The summed E-state index contributed by atoms with van der Waals surface area (Å²) in [5, 5.41) is 7.57. The van der Waals surface area contributed by atoms with Crippen LogP contribution in [0.5, 0.6) is 11.5 Å². The monoisotopic (exact) mass is 469 g/mol. The maximum atomic E-state index is 12.5. The third kappa shape index (κ3) is 7.14. The third-order valence-corrected chi connectivity index (χ3v) is 5.20. The molecule has 1 saturated heterocycles. The smallest absolute Gasteiger partial charge is 0.327 e. The molecule has 2 aromatic rings. The van der Waals surface area contributed by atoms with Crippen molar-refractivity contribution in [2.75, 3.05) is 43.4 Å². The van der Waals surface area contributed by atoms with Crippen LogP contribution in [0.1, 0.15) is 27.7 Å². The molecule has 0 saturated carbocycles. The van der Waals surface area contributed by atoms with E-state index in [4.69, 9.17) is 4.74 Å². The number of nitrogens with one attached hydrogen (secondary N) is 3. The molecule has 1 fully saturated rings. The highest BCUT2D eigenvalue weighted by Gasteiger charge is 2.23. The van der Waals surface area contributed by atoms with Crippen molar-refractivity contribution in [1.82, 2.24) is 25.1 Å². The van der Waals surface area contributed by atoms with Crippen molar-refractivity contribution in [1.29, 1.82) is 0 Å². The molecule has 3 rings (SSSR count). The molecule has 1 aliphatic rings. The molecule has 0 aliphatic carbocycles. The van der Waals surface area contributed by atoms with Gasteiger partial charge in [0.2, 0.25) is 5.91 Å². The van der Waals surface area contributed by atoms with Gasteiger partial charge in [0.1, 0.15) is 23.1 Å². The number of carbonyl (C=O) groups excluding carboxylic acids is 3. The fourth-order valence-electron chi connectivity index (χ4n) is 3.09. The Labute approximate surface area is 198 Å². The van der Waals surface area contributed by atoms with Gasteiger partial charge in [0.15, 0.2) is 0 Å². The number of hydrogen-bond donors (Lipinski definition) is 3. The SMILES string of the molecule is CCN1CCN(C(=O)Nc2cc(Oc3ccc(NC(=O)NC(=O)C(C)(C)C)nc3)ccn2)CC1. The van der Waals surface area contributed by atoms with Crippen molar-refractivity contribution >= 4 is 29.6 Å². The van der Waals surface area contributed by atoms with Crippen molar-refractivity contribution in [3.63, 3.8) is 0 Å². The summed E-state index contributed by atoms with van der Waals surface area (Å²) in [5.74, 6) is 1.14. The van der Waals surface area contributed by atoms with Gasteiger partial charge < -0.3 is 14.5 Å². The molecule has 1 aliphatic heterocycles. The van der Waals surface area contributed by atoms with Crippen LogP contribution in [0.25, 0.3) is 0 Å². The second kappa shape index (κ2) is 10.9. The summed E-state index contributed by atoms with van der Waals surface area (Å²) in [6, 6.07) is 5.61. The standard InChI is InChI=1S/C23H31N7O4/c1-5-29-10-12-30(13-11-29)22(33)27-19-14-16(8-9-24-19)34-17-6-7-18(25-15-17)26-21(32)28-20(31)23(2,3)4/h6-9,14-15H,5,10-13H2,1-4H3,(H,24,27,33)(H2,25,26,28,31,32). The fourth-order valence-corrected chi connectivity index (χ4v) is 3.09. The van der Waals surface area contributed by atoms with Gasteiger partial charge in [-0.25, -0.2) is 19.6 Å². The van der Waals surface area contributed by atoms with Crippen LogP contribution in [-0.2, 0) is 4.79 Å². The zero-order chi connectivity index (χ0) is 24.7. The Bertz CT molecular complexity index is 1010. The van der Waals surface area contributed by atoms with E-state index in [1.165, 1.54) is 6.20 Å². The van der Waals surface area contributed by atoms with Crippen molar-refractivity contribution in [3.05, 3.63) is 36.7 Å². The molecule has 5 amide bonds. The number of piperazine rings is 1. The summed E-state index contributed by atoms with van der Waals surface area (Å²) in [4.78, 5) is 48.7. The quantitative estimate of drug-likeness (QED) is 0.614. The molecule has 182 valence electrons. The number of anilines is 2. The number of carbonyl (C=O) groups is 3. The lowest BCUT2D eigenvalue weighted by molar-refractivity contribution is -0.127. The van der Waals surface area contributed by atoms with Crippen LogP contribution >= 0.6 is 0 Å². The molecule has 3 N–H and O–H groups in total. The number of likely N-dealkylation sites (N-methyl/N-ethyl adjacent to an activating group) is 1. The Hall–Kier alpha value is -3.73. The second-order valence-corrected chi connectivity index (χ2v) is 8.87. The van der Waals surface area contributed by atoms with Crippen LogP contribution in [0, 0.1) is 5.41 Å². The molecular weight excluding hydrogens is 438 g/mol. The van der Waals surface area contributed by atoms with E-state index in [-0.39, 0.29) is 11.8 Å². The number of aromatic nitrogens is 2. The predicted molar refractivity (Wildman–Crippen MR) is 128 cm³/mol. The van der Waals surface area contributed by atoms with Crippen LogP contribution in [0.2, 0.25) is 0 Å². The number of urea groups is 2. The van der Waals surface area contributed by atoms with Crippen molar-refractivity contribution < 1.29 is 19.1 Å². The molecule has 34 heavy (non-hydrogen) atoms. The van der Waals surface area contributed by atoms with E-state index >= 15 is 0 Å². The molecule has 0 aromatic carbocycles. The van der Waals surface area contributed by atoms with Crippen molar-refractivity contribution in [2.24, 2.45) is 5.41 Å². The number of imide groups is 1. The third-order valence-electron chi connectivity index (χ3n) is 5.20. The van der Waals surface area contributed by atoms with Crippen LogP contribution in [0.4, 0.5) is 21.2 Å². The maximum Gasteiger partial charge on any atom is 0.327 e. The van der Waals surface area contributed by atoms with Gasteiger partial charge in [-0.3, -0.25) is 20.7 Å². The maximum absolute atomic E-state index is 12.5. The molecule has 0 unspecified atom stereocenters. The minimum atomic E-state index is -0.685. The first kappa shape index (κ1) is 24.9. The first-order valence-corrected chi connectivity index (χ1v) is 11.1. The number of amides is 5. The lowest BCUT2D eigenvalue weighted by Gasteiger charge is -2.33. The predicted octanol–water partition coefficient (Wildman–Crippen LogP) is 3.13. The van der Waals surface area contributed by atoms with Crippen LogP contribution in [0.3, 0.4) is 0 Å². The minimum absolute atomic E-state index is 0.194. The number of rotatable bonds is 5.